The van der Waals surface area contributed by atoms with E-state index >= 15 is 0 Å². The molecule has 1 atom stereocenters. The zero-order valence-corrected chi connectivity index (χ0v) is 24.9. The summed E-state index contributed by atoms with van der Waals surface area (Å²) in [5.41, 5.74) is 2.86. The standard InChI is InChI=1S/C35H31ClFNO4S/c36-29-9-4-8-28(22-29)35(39)25-38(24-27-6-2-1-3-7-27)21-20-26-12-18-33(19-13-26)43(40,41)34-11-5-10-32(23-34)42-31-16-14-30(37)15-17-31/h1-19,22-23,35,39H,20-21,24-25H2. The molecule has 5 nitrogen and oxygen atoms in total. The minimum Gasteiger partial charge on any atom is -0.457 e. The number of aliphatic hydroxyl groups is 1. The summed E-state index contributed by atoms with van der Waals surface area (Å²) < 4.78 is 45.7. The molecule has 0 aliphatic carbocycles. The van der Waals surface area contributed by atoms with Crippen LogP contribution in [0, 0.1) is 5.82 Å². The van der Waals surface area contributed by atoms with Crippen LogP contribution in [0.1, 0.15) is 22.8 Å². The Kier molecular flexibility index (Phi) is 9.89. The van der Waals surface area contributed by atoms with E-state index < -0.39 is 15.9 Å². The third kappa shape index (κ3) is 8.30. The molecule has 0 fully saturated rings. The van der Waals surface area contributed by atoms with Gasteiger partial charge in [0.25, 0.3) is 0 Å². The number of hydrogen-bond donors (Lipinski definition) is 1. The summed E-state index contributed by atoms with van der Waals surface area (Å²) in [4.78, 5) is 2.45. The zero-order valence-electron chi connectivity index (χ0n) is 23.3. The van der Waals surface area contributed by atoms with Crippen molar-refractivity contribution in [3.05, 3.63) is 155 Å². The van der Waals surface area contributed by atoms with Crippen LogP contribution >= 0.6 is 11.6 Å². The zero-order chi connectivity index (χ0) is 30.2. The van der Waals surface area contributed by atoms with E-state index in [-0.39, 0.29) is 15.6 Å². The van der Waals surface area contributed by atoms with Gasteiger partial charge in [0.2, 0.25) is 9.84 Å². The molecule has 0 heterocycles. The quantitative estimate of drug-likeness (QED) is 0.155. The Bertz CT molecular complexity index is 1750. The fourth-order valence-electron chi connectivity index (χ4n) is 4.74. The highest BCUT2D eigenvalue weighted by atomic mass is 35.5. The Balaban J connectivity index is 1.27. The lowest BCUT2D eigenvalue weighted by atomic mass is 10.1. The number of aliphatic hydroxyl groups excluding tert-OH is 1. The van der Waals surface area contributed by atoms with E-state index in [1.807, 2.05) is 42.5 Å². The molecular formula is C35H31ClFNO4S. The monoisotopic (exact) mass is 615 g/mol. The van der Waals surface area contributed by atoms with Gasteiger partial charge in [-0.15, -0.1) is 0 Å². The smallest absolute Gasteiger partial charge is 0.206 e. The molecule has 0 aromatic heterocycles. The van der Waals surface area contributed by atoms with Crippen LogP contribution in [-0.4, -0.2) is 31.5 Å². The molecule has 0 spiro atoms. The molecule has 5 rings (SSSR count). The van der Waals surface area contributed by atoms with E-state index in [4.69, 9.17) is 16.3 Å². The van der Waals surface area contributed by atoms with E-state index in [0.29, 0.717) is 42.6 Å². The van der Waals surface area contributed by atoms with E-state index in [1.165, 1.54) is 36.4 Å². The van der Waals surface area contributed by atoms with Gasteiger partial charge in [-0.25, -0.2) is 12.8 Å². The first-order valence-electron chi connectivity index (χ1n) is 13.8. The van der Waals surface area contributed by atoms with E-state index in [2.05, 4.69) is 17.0 Å². The van der Waals surface area contributed by atoms with Gasteiger partial charge >= 0.3 is 0 Å². The molecule has 0 aliphatic heterocycles. The van der Waals surface area contributed by atoms with Crippen molar-refractivity contribution in [1.29, 1.82) is 0 Å². The summed E-state index contributed by atoms with van der Waals surface area (Å²) in [6.07, 6.45) is -0.0473. The molecule has 0 saturated heterocycles. The van der Waals surface area contributed by atoms with Gasteiger partial charge in [-0.2, -0.15) is 0 Å². The second-order valence-electron chi connectivity index (χ2n) is 10.2. The number of hydrogen-bond acceptors (Lipinski definition) is 5. The molecule has 43 heavy (non-hydrogen) atoms. The topological polar surface area (TPSA) is 66.8 Å². The Morgan fingerprint density at radius 1 is 0.744 bits per heavy atom. The predicted molar refractivity (Wildman–Crippen MR) is 167 cm³/mol. The van der Waals surface area contributed by atoms with Gasteiger partial charge in [-0.05, 0) is 89.8 Å². The molecule has 8 heteroatoms. The lowest BCUT2D eigenvalue weighted by Gasteiger charge is -2.25. The van der Waals surface area contributed by atoms with Crippen LogP contribution in [-0.2, 0) is 22.8 Å². The minimum absolute atomic E-state index is 0.101. The summed E-state index contributed by atoms with van der Waals surface area (Å²) in [7, 11) is -3.79. The number of ether oxygens (including phenoxy) is 1. The molecule has 0 bridgehead atoms. The SMILES string of the molecule is O=S(=O)(c1ccc(CCN(Cc2ccccc2)CC(O)c2cccc(Cl)c2)cc1)c1cccc(Oc2ccc(F)cc2)c1. The maximum atomic E-state index is 13.4. The normalized spacial score (nSPS) is 12.3. The molecule has 5 aromatic carbocycles. The van der Waals surface area contributed by atoms with Gasteiger partial charge in [-0.3, -0.25) is 4.90 Å². The molecule has 0 saturated carbocycles. The fourth-order valence-corrected chi connectivity index (χ4v) is 6.24. The molecule has 1 unspecified atom stereocenters. The largest absolute Gasteiger partial charge is 0.457 e. The van der Waals surface area contributed by atoms with Crippen LogP contribution in [0.3, 0.4) is 0 Å². The molecular weight excluding hydrogens is 585 g/mol. The van der Waals surface area contributed by atoms with Crippen LogP contribution in [0.25, 0.3) is 0 Å². The average molecular weight is 616 g/mol. The Morgan fingerprint density at radius 2 is 1.47 bits per heavy atom. The second kappa shape index (κ2) is 14.0. The van der Waals surface area contributed by atoms with Gasteiger partial charge in [0.05, 0.1) is 15.9 Å². The van der Waals surface area contributed by atoms with Crippen LogP contribution in [0.2, 0.25) is 5.02 Å². The molecule has 220 valence electrons. The minimum atomic E-state index is -3.79. The highest BCUT2D eigenvalue weighted by Gasteiger charge is 2.19. The van der Waals surface area contributed by atoms with Crippen molar-refractivity contribution in [1.82, 2.24) is 4.90 Å². The van der Waals surface area contributed by atoms with Gasteiger partial charge in [0.1, 0.15) is 17.3 Å². The number of nitrogens with zero attached hydrogens (tertiary/aromatic N) is 1. The number of halogens is 2. The lowest BCUT2D eigenvalue weighted by Crippen LogP contribution is -2.30. The first-order valence-corrected chi connectivity index (χ1v) is 15.7. The van der Waals surface area contributed by atoms with Crippen molar-refractivity contribution in [2.24, 2.45) is 0 Å². The molecule has 0 aliphatic rings. The summed E-state index contributed by atoms with van der Waals surface area (Å²) in [5.74, 6) is 0.357. The highest BCUT2D eigenvalue weighted by molar-refractivity contribution is 7.91. The van der Waals surface area contributed by atoms with Crippen molar-refractivity contribution in [2.45, 2.75) is 28.9 Å². The Morgan fingerprint density at radius 3 is 2.19 bits per heavy atom. The first-order chi connectivity index (χ1) is 20.8. The fraction of sp³-hybridized carbons (Fsp3) is 0.143. The van der Waals surface area contributed by atoms with Gasteiger partial charge in [0.15, 0.2) is 0 Å². The molecule has 5 aromatic rings. The molecule has 1 N–H and O–H groups in total. The van der Waals surface area contributed by atoms with Crippen LogP contribution in [0.5, 0.6) is 11.5 Å². The second-order valence-corrected chi connectivity index (χ2v) is 12.6. The Hall–Kier alpha value is -4.01. The van der Waals surface area contributed by atoms with Crippen molar-refractivity contribution in [3.63, 3.8) is 0 Å². The average Bonchev–Trinajstić information content (AvgIpc) is 3.02. The summed E-state index contributed by atoms with van der Waals surface area (Å²) >= 11 is 6.14. The highest BCUT2D eigenvalue weighted by Crippen LogP contribution is 2.28. The van der Waals surface area contributed by atoms with Crippen molar-refractivity contribution in [2.75, 3.05) is 13.1 Å². The summed E-state index contributed by atoms with van der Waals surface area (Å²) in [6.45, 7) is 1.72. The summed E-state index contributed by atoms with van der Waals surface area (Å²) in [6, 6.07) is 35.9. The first kappa shape index (κ1) is 30.4. The number of benzene rings is 5. The van der Waals surface area contributed by atoms with E-state index in [1.54, 1.807) is 36.4 Å². The maximum absolute atomic E-state index is 13.4. The van der Waals surface area contributed by atoms with Crippen molar-refractivity contribution in [3.8, 4) is 11.5 Å². The van der Waals surface area contributed by atoms with E-state index in [0.717, 1.165) is 16.7 Å². The van der Waals surface area contributed by atoms with Crippen molar-refractivity contribution < 1.29 is 22.7 Å². The summed E-state index contributed by atoms with van der Waals surface area (Å²) in [5, 5.41) is 11.5. The van der Waals surface area contributed by atoms with Gasteiger partial charge in [0, 0.05) is 24.7 Å². The number of sulfone groups is 1. The third-order valence-electron chi connectivity index (χ3n) is 7.03. The van der Waals surface area contributed by atoms with Crippen LogP contribution in [0.4, 0.5) is 4.39 Å². The lowest BCUT2D eigenvalue weighted by molar-refractivity contribution is 0.109. The predicted octanol–water partition coefficient (Wildman–Crippen LogP) is 7.88. The van der Waals surface area contributed by atoms with Crippen LogP contribution in [0.15, 0.2) is 137 Å². The number of rotatable bonds is 12. The third-order valence-corrected chi connectivity index (χ3v) is 9.03. The molecule has 0 amide bonds. The Labute approximate surface area is 256 Å². The van der Waals surface area contributed by atoms with Crippen molar-refractivity contribution >= 4 is 21.4 Å². The van der Waals surface area contributed by atoms with Gasteiger partial charge < -0.3 is 9.84 Å². The van der Waals surface area contributed by atoms with E-state index in [9.17, 15) is 17.9 Å². The van der Waals surface area contributed by atoms with Crippen LogP contribution < -0.4 is 4.74 Å². The van der Waals surface area contributed by atoms with Gasteiger partial charge in [-0.1, -0.05) is 72.3 Å². The molecule has 0 radical (unpaired) electrons. The maximum Gasteiger partial charge on any atom is 0.206 e.